The Morgan fingerprint density at radius 3 is 2.09 bits per heavy atom. The molecule has 3 N–H and O–H groups in total. The van der Waals surface area contributed by atoms with Crippen molar-refractivity contribution in [2.75, 3.05) is 25.4 Å². The van der Waals surface area contributed by atoms with Crippen LogP contribution in [0.3, 0.4) is 0 Å². The zero-order valence-corrected chi connectivity index (χ0v) is 29.6. The number of nitrogens with one attached hydrogen (secondary N) is 1. The van der Waals surface area contributed by atoms with Crippen molar-refractivity contribution in [3.05, 3.63) is 35.9 Å². The van der Waals surface area contributed by atoms with Gasteiger partial charge in [-0.2, -0.15) is 0 Å². The summed E-state index contributed by atoms with van der Waals surface area (Å²) < 4.78 is 6.94. The highest BCUT2D eigenvalue weighted by molar-refractivity contribution is 5.86. The van der Waals surface area contributed by atoms with E-state index in [9.17, 15) is 9.59 Å². The molecule has 0 aromatic carbocycles. The monoisotopic (exact) mass is 663 g/mol. The van der Waals surface area contributed by atoms with E-state index in [0.29, 0.717) is 37.5 Å². The minimum Gasteiger partial charge on any atom is -0.462 e. The van der Waals surface area contributed by atoms with Crippen molar-refractivity contribution in [1.82, 2.24) is 29.9 Å². The number of amides is 1. The van der Waals surface area contributed by atoms with Gasteiger partial charge in [0.15, 0.2) is 5.95 Å². The van der Waals surface area contributed by atoms with E-state index in [1.165, 1.54) is 64.2 Å². The average molecular weight is 664 g/mol. The molecule has 0 radical (unpaired) electrons. The Morgan fingerprint density at radius 2 is 1.50 bits per heavy atom. The molecule has 0 unspecified atom stereocenters. The van der Waals surface area contributed by atoms with E-state index < -0.39 is 0 Å². The maximum atomic E-state index is 13.1. The van der Waals surface area contributed by atoms with Crippen molar-refractivity contribution in [2.45, 2.75) is 149 Å². The summed E-state index contributed by atoms with van der Waals surface area (Å²) in [6, 6.07) is 0. The summed E-state index contributed by atoms with van der Waals surface area (Å²) in [7, 11) is 0. The molecule has 0 spiro atoms. The number of hydrogen-bond donors (Lipinski definition) is 2. The van der Waals surface area contributed by atoms with Gasteiger partial charge in [0, 0.05) is 49.9 Å². The quantitative estimate of drug-likeness (QED) is 0.0540. The summed E-state index contributed by atoms with van der Waals surface area (Å²) in [6.07, 6.45) is 26.2. The fraction of sp³-hybridized carbons (Fsp3) is 0.743. The number of carbonyl (C=O) groups excluding carboxylic acids is 2. The molecule has 0 aliphatic rings. The highest BCUT2D eigenvalue weighted by Gasteiger charge is 2.13. The number of carbonyl (C=O) groups is 2. The Kier molecular flexibility index (Phi) is 23.4. The molecule has 0 saturated carbocycles. The van der Waals surface area contributed by atoms with Crippen molar-refractivity contribution in [3.63, 3.8) is 0 Å². The SMILES string of the molecule is C=C(C)C(=O)OCCCn1cc(CCCCCCN(CCCCCCCCCCCCC)C(=O)CCCc2cnc(N)[nH]2)nn1.Cl. The second-order valence-corrected chi connectivity index (χ2v) is 12.5. The second-order valence-electron chi connectivity index (χ2n) is 12.5. The number of nitrogens with two attached hydrogens (primary N) is 1. The molecule has 2 rings (SSSR count). The number of aryl methyl sites for hydroxylation is 3. The van der Waals surface area contributed by atoms with Gasteiger partial charge in [0.05, 0.1) is 18.5 Å². The van der Waals surface area contributed by atoms with E-state index in [0.717, 1.165) is 75.8 Å². The van der Waals surface area contributed by atoms with Crippen LogP contribution in [0.15, 0.2) is 24.5 Å². The van der Waals surface area contributed by atoms with Crippen LogP contribution in [0, 0.1) is 0 Å². The number of anilines is 1. The van der Waals surface area contributed by atoms with E-state index in [2.05, 4.69) is 38.7 Å². The fourth-order valence-electron chi connectivity index (χ4n) is 5.46. The van der Waals surface area contributed by atoms with Gasteiger partial charge < -0.3 is 20.4 Å². The van der Waals surface area contributed by atoms with Gasteiger partial charge in [-0.15, -0.1) is 17.5 Å². The molecular weight excluding hydrogens is 602 g/mol. The van der Waals surface area contributed by atoms with Crippen LogP contribution in [0.5, 0.6) is 0 Å². The van der Waals surface area contributed by atoms with Gasteiger partial charge in [0.1, 0.15) is 0 Å². The standard InChI is InChI=1S/C35H61N7O3.ClH/c1-4-5-6-7-8-9-10-11-12-14-17-24-41(33(43)23-19-22-31-28-37-35(36)38-31)25-18-15-13-16-21-32-29-42(40-39-32)26-20-27-45-34(44)30(2)3;/h28-29H,2,4-27H2,1,3H3,(H3,36,37,38);1H. The first-order chi connectivity index (χ1) is 21.9. The van der Waals surface area contributed by atoms with Gasteiger partial charge in [0.25, 0.3) is 0 Å². The van der Waals surface area contributed by atoms with Crippen molar-refractivity contribution < 1.29 is 14.3 Å². The largest absolute Gasteiger partial charge is 0.462 e. The molecular formula is C35H62ClN7O3. The third kappa shape index (κ3) is 19.6. The van der Waals surface area contributed by atoms with E-state index in [4.69, 9.17) is 10.5 Å². The van der Waals surface area contributed by atoms with E-state index in [-0.39, 0.29) is 24.3 Å². The normalized spacial score (nSPS) is 10.9. The van der Waals surface area contributed by atoms with Gasteiger partial charge in [-0.05, 0) is 45.4 Å². The Hall–Kier alpha value is -2.88. The van der Waals surface area contributed by atoms with Crippen LogP contribution in [0.4, 0.5) is 5.95 Å². The minimum absolute atomic E-state index is 0. The molecule has 262 valence electrons. The van der Waals surface area contributed by atoms with Crippen LogP contribution >= 0.6 is 12.4 Å². The van der Waals surface area contributed by atoms with E-state index in [1.807, 2.05) is 10.9 Å². The van der Waals surface area contributed by atoms with Gasteiger partial charge >= 0.3 is 5.97 Å². The highest BCUT2D eigenvalue weighted by Crippen LogP contribution is 2.14. The van der Waals surface area contributed by atoms with Crippen molar-refractivity contribution >= 4 is 30.2 Å². The number of nitrogens with zero attached hydrogens (tertiary/aromatic N) is 5. The lowest BCUT2D eigenvalue weighted by molar-refractivity contribution is -0.139. The van der Waals surface area contributed by atoms with Gasteiger partial charge in [-0.25, -0.2) is 9.78 Å². The maximum absolute atomic E-state index is 13.1. The van der Waals surface area contributed by atoms with Crippen molar-refractivity contribution in [3.8, 4) is 0 Å². The number of halogens is 1. The molecule has 10 nitrogen and oxygen atoms in total. The van der Waals surface area contributed by atoms with E-state index in [1.54, 1.807) is 13.1 Å². The number of aromatic amines is 1. The molecule has 0 aliphatic heterocycles. The summed E-state index contributed by atoms with van der Waals surface area (Å²) in [5, 5.41) is 8.48. The van der Waals surface area contributed by atoms with Gasteiger partial charge in [-0.3, -0.25) is 9.48 Å². The number of rotatable bonds is 28. The Bertz CT molecular complexity index is 1090. The third-order valence-electron chi connectivity index (χ3n) is 8.18. The van der Waals surface area contributed by atoms with Gasteiger partial charge in [-0.1, -0.05) is 95.8 Å². The number of esters is 1. The Morgan fingerprint density at radius 1 is 0.891 bits per heavy atom. The molecule has 11 heteroatoms. The number of hydrogen-bond acceptors (Lipinski definition) is 7. The topological polar surface area (TPSA) is 132 Å². The Balaban J connectivity index is 0.0000106. The molecule has 1 amide bonds. The summed E-state index contributed by atoms with van der Waals surface area (Å²) in [4.78, 5) is 33.8. The first kappa shape index (κ1) is 41.1. The molecule has 2 aromatic rings. The van der Waals surface area contributed by atoms with Gasteiger partial charge in [0.2, 0.25) is 5.91 Å². The first-order valence-electron chi connectivity index (χ1n) is 17.7. The summed E-state index contributed by atoms with van der Waals surface area (Å²) in [5.74, 6) is 0.338. The molecule has 2 aromatic heterocycles. The maximum Gasteiger partial charge on any atom is 0.333 e. The Labute approximate surface area is 284 Å². The van der Waals surface area contributed by atoms with Crippen LogP contribution in [-0.2, 0) is 33.7 Å². The van der Waals surface area contributed by atoms with Crippen LogP contribution < -0.4 is 5.73 Å². The number of nitrogen functional groups attached to an aromatic ring is 1. The fourth-order valence-corrected chi connectivity index (χ4v) is 5.46. The number of H-pyrrole nitrogens is 1. The van der Waals surface area contributed by atoms with Crippen LogP contribution in [0.25, 0.3) is 0 Å². The molecule has 46 heavy (non-hydrogen) atoms. The van der Waals surface area contributed by atoms with E-state index >= 15 is 0 Å². The second kappa shape index (κ2) is 26.2. The summed E-state index contributed by atoms with van der Waals surface area (Å²) in [6.45, 7) is 10.2. The molecule has 2 heterocycles. The minimum atomic E-state index is -0.355. The lowest BCUT2D eigenvalue weighted by atomic mass is 10.1. The molecule has 0 bridgehead atoms. The molecule has 0 fully saturated rings. The predicted octanol–water partition coefficient (Wildman–Crippen LogP) is 7.78. The first-order valence-corrected chi connectivity index (χ1v) is 17.7. The van der Waals surface area contributed by atoms with Crippen LogP contribution in [0.2, 0.25) is 0 Å². The zero-order chi connectivity index (χ0) is 32.5. The smallest absolute Gasteiger partial charge is 0.333 e. The number of imidazole rings is 1. The average Bonchev–Trinajstić information content (AvgIpc) is 3.66. The molecule has 0 aliphatic carbocycles. The lowest BCUT2D eigenvalue weighted by Crippen LogP contribution is -2.33. The summed E-state index contributed by atoms with van der Waals surface area (Å²) >= 11 is 0. The summed E-state index contributed by atoms with van der Waals surface area (Å²) in [5.41, 5.74) is 8.07. The van der Waals surface area contributed by atoms with Crippen molar-refractivity contribution in [1.29, 1.82) is 0 Å². The number of aromatic nitrogens is 5. The molecule has 0 saturated heterocycles. The number of unbranched alkanes of at least 4 members (excludes halogenated alkanes) is 13. The zero-order valence-electron chi connectivity index (χ0n) is 28.8. The highest BCUT2D eigenvalue weighted by atomic mass is 35.5. The van der Waals surface area contributed by atoms with Crippen LogP contribution in [-0.4, -0.2) is 61.4 Å². The lowest BCUT2D eigenvalue weighted by Gasteiger charge is -2.23. The number of ether oxygens (including phenoxy) is 1. The van der Waals surface area contributed by atoms with Crippen molar-refractivity contribution in [2.24, 2.45) is 0 Å². The third-order valence-corrected chi connectivity index (χ3v) is 8.18. The predicted molar refractivity (Wildman–Crippen MR) is 189 cm³/mol. The van der Waals surface area contributed by atoms with Crippen LogP contribution in [0.1, 0.15) is 141 Å². The molecule has 0 atom stereocenters.